The number of hydrogen-bond donors (Lipinski definition) is 4. The van der Waals surface area contributed by atoms with E-state index < -0.39 is 45.9 Å². The van der Waals surface area contributed by atoms with Crippen LogP contribution in [-0.4, -0.2) is 71.7 Å². The standard InChI is InChI=1S/C18H20N8O6S3/c1-20-34(29,30)13-4-2-11(3-5-13)14-6-7-15(35(31,32)24-12-8-9-21-10-12)17(33(19,27)28)16(14)18-22-25-26-23-18/h2-7,12,21,24H,1,8-10H2,(H2,19,27,28)(H,22,23,25,26)/t12-/m1/s1. The second-order valence-electron chi connectivity index (χ2n) is 7.54. The summed E-state index contributed by atoms with van der Waals surface area (Å²) >= 11 is 0. The number of sulfonamides is 3. The van der Waals surface area contributed by atoms with E-state index in [4.69, 9.17) is 5.14 Å². The fourth-order valence-corrected chi connectivity index (χ4v) is 7.21. The second kappa shape index (κ2) is 9.17. The maximum Gasteiger partial charge on any atom is 0.281 e. The van der Waals surface area contributed by atoms with E-state index in [1.165, 1.54) is 30.3 Å². The highest BCUT2D eigenvalue weighted by molar-refractivity contribution is 7.92. The predicted octanol–water partition coefficient (Wildman–Crippen LogP) is -0.789. The maximum atomic E-state index is 13.2. The lowest BCUT2D eigenvalue weighted by Crippen LogP contribution is -2.37. The lowest BCUT2D eigenvalue weighted by atomic mass is 9.99. The molecule has 1 atom stereocenters. The molecule has 35 heavy (non-hydrogen) atoms. The van der Waals surface area contributed by atoms with Gasteiger partial charge in [-0.3, -0.25) is 0 Å². The molecule has 0 spiro atoms. The summed E-state index contributed by atoms with van der Waals surface area (Å²) in [7, 11) is -12.9. The highest BCUT2D eigenvalue weighted by Crippen LogP contribution is 2.39. The molecule has 0 aliphatic carbocycles. The molecule has 1 aliphatic heterocycles. The lowest BCUT2D eigenvalue weighted by molar-refractivity contribution is 0.555. The van der Waals surface area contributed by atoms with Gasteiger partial charge in [0.2, 0.25) is 25.9 Å². The van der Waals surface area contributed by atoms with Crippen molar-refractivity contribution in [3.05, 3.63) is 36.4 Å². The largest absolute Gasteiger partial charge is 0.315 e. The van der Waals surface area contributed by atoms with Crippen molar-refractivity contribution in [1.82, 2.24) is 30.7 Å². The molecule has 2 aromatic carbocycles. The van der Waals surface area contributed by atoms with Gasteiger partial charge in [0.25, 0.3) is 10.0 Å². The minimum atomic E-state index is -4.65. The normalized spacial score (nSPS) is 16.9. The molecule has 0 radical (unpaired) electrons. The molecule has 1 fully saturated rings. The monoisotopic (exact) mass is 540 g/mol. The van der Waals surface area contributed by atoms with Crippen molar-refractivity contribution < 1.29 is 25.3 Å². The summed E-state index contributed by atoms with van der Waals surface area (Å²) in [6, 6.07) is 7.30. The van der Waals surface area contributed by atoms with Gasteiger partial charge in [0.1, 0.15) is 9.79 Å². The van der Waals surface area contributed by atoms with E-state index >= 15 is 0 Å². The Morgan fingerprint density at radius 3 is 2.31 bits per heavy atom. The van der Waals surface area contributed by atoms with E-state index in [1.807, 2.05) is 0 Å². The van der Waals surface area contributed by atoms with Crippen LogP contribution in [0.3, 0.4) is 0 Å². The summed E-state index contributed by atoms with van der Waals surface area (Å²) < 4.78 is 81.4. The first kappa shape index (κ1) is 25.0. The molecule has 14 nitrogen and oxygen atoms in total. The van der Waals surface area contributed by atoms with Crippen LogP contribution in [0.2, 0.25) is 0 Å². The molecular formula is C18H20N8O6S3. The zero-order valence-electron chi connectivity index (χ0n) is 17.9. The molecular weight excluding hydrogens is 520 g/mol. The molecule has 186 valence electrons. The van der Waals surface area contributed by atoms with Crippen molar-refractivity contribution in [2.24, 2.45) is 9.54 Å². The molecule has 3 aromatic rings. The number of aromatic amines is 1. The van der Waals surface area contributed by atoms with E-state index in [2.05, 4.69) is 41.8 Å². The Morgan fingerprint density at radius 2 is 1.77 bits per heavy atom. The molecule has 1 aromatic heterocycles. The third-order valence-electron chi connectivity index (χ3n) is 5.28. The van der Waals surface area contributed by atoms with Gasteiger partial charge in [0.15, 0.2) is 0 Å². The van der Waals surface area contributed by atoms with Crippen LogP contribution in [0.15, 0.2) is 55.5 Å². The van der Waals surface area contributed by atoms with Crippen molar-refractivity contribution in [2.45, 2.75) is 27.1 Å². The Labute approximate surface area is 201 Å². The van der Waals surface area contributed by atoms with E-state index in [-0.39, 0.29) is 21.8 Å². The molecule has 4 rings (SSSR count). The molecule has 17 heteroatoms. The predicted molar refractivity (Wildman–Crippen MR) is 125 cm³/mol. The molecule has 0 saturated carbocycles. The number of rotatable bonds is 8. The number of nitrogens with zero attached hydrogens (tertiary/aromatic N) is 4. The van der Waals surface area contributed by atoms with Crippen molar-refractivity contribution in [2.75, 3.05) is 13.1 Å². The van der Waals surface area contributed by atoms with Gasteiger partial charge in [-0.1, -0.05) is 18.2 Å². The van der Waals surface area contributed by atoms with Gasteiger partial charge in [-0.2, -0.15) is 18.0 Å². The van der Waals surface area contributed by atoms with Crippen LogP contribution in [-0.2, 0) is 30.1 Å². The Kier molecular flexibility index (Phi) is 6.56. The zero-order chi connectivity index (χ0) is 25.4. The number of nitrogens with two attached hydrogens (primary N) is 1. The van der Waals surface area contributed by atoms with Crippen LogP contribution < -0.4 is 15.2 Å². The third-order valence-corrected chi connectivity index (χ3v) is 9.17. The van der Waals surface area contributed by atoms with Gasteiger partial charge in [0, 0.05) is 19.3 Å². The van der Waals surface area contributed by atoms with E-state index in [9.17, 15) is 25.3 Å². The molecule has 1 aliphatic rings. The van der Waals surface area contributed by atoms with Crippen LogP contribution in [0.25, 0.3) is 22.5 Å². The van der Waals surface area contributed by atoms with Crippen molar-refractivity contribution in [3.8, 4) is 22.5 Å². The smallest absolute Gasteiger partial charge is 0.281 e. The average Bonchev–Trinajstić information content (AvgIpc) is 3.52. The van der Waals surface area contributed by atoms with Crippen molar-refractivity contribution >= 4 is 36.8 Å². The number of hydrogen-bond acceptors (Lipinski definition) is 10. The first-order valence-corrected chi connectivity index (χ1v) is 14.4. The second-order valence-corrected chi connectivity index (χ2v) is 12.4. The van der Waals surface area contributed by atoms with Gasteiger partial charge < -0.3 is 5.32 Å². The highest BCUT2D eigenvalue weighted by atomic mass is 32.2. The van der Waals surface area contributed by atoms with Crippen LogP contribution in [0.5, 0.6) is 0 Å². The Bertz CT molecular complexity index is 1580. The number of H-pyrrole nitrogens is 1. The fraction of sp³-hybridized carbons (Fsp3) is 0.222. The summed E-state index contributed by atoms with van der Waals surface area (Å²) in [5, 5.41) is 21.8. The van der Waals surface area contributed by atoms with Gasteiger partial charge in [0.05, 0.1) is 10.5 Å². The highest BCUT2D eigenvalue weighted by Gasteiger charge is 2.33. The Hall–Kier alpha value is -3.09. The van der Waals surface area contributed by atoms with E-state index in [0.29, 0.717) is 25.1 Å². The first-order valence-electron chi connectivity index (χ1n) is 9.94. The number of aromatic nitrogens is 4. The van der Waals surface area contributed by atoms with Crippen molar-refractivity contribution in [1.29, 1.82) is 0 Å². The number of primary sulfonamides is 1. The minimum Gasteiger partial charge on any atom is -0.315 e. The molecule has 0 unspecified atom stereocenters. The molecule has 0 amide bonds. The maximum absolute atomic E-state index is 13.2. The van der Waals surface area contributed by atoms with E-state index in [1.54, 1.807) is 0 Å². The quantitative estimate of drug-likeness (QED) is 0.261. The van der Waals surface area contributed by atoms with Crippen molar-refractivity contribution in [3.63, 3.8) is 0 Å². The minimum absolute atomic E-state index is 0.141. The third kappa shape index (κ3) is 5.00. The summed E-state index contributed by atoms with van der Waals surface area (Å²) in [4.78, 5) is -1.44. The van der Waals surface area contributed by atoms with Crippen LogP contribution in [0.1, 0.15) is 6.42 Å². The van der Waals surface area contributed by atoms with Gasteiger partial charge in [-0.15, -0.1) is 10.2 Å². The Balaban J connectivity index is 1.97. The number of nitrogens with one attached hydrogen (secondary N) is 3. The van der Waals surface area contributed by atoms with E-state index in [0.717, 1.165) is 6.07 Å². The zero-order valence-corrected chi connectivity index (χ0v) is 20.4. The fourth-order valence-electron chi connectivity index (χ4n) is 3.71. The number of benzene rings is 2. The Morgan fingerprint density at radius 1 is 1.06 bits per heavy atom. The molecule has 0 bridgehead atoms. The molecule has 1 saturated heterocycles. The molecule has 5 N–H and O–H groups in total. The summed E-state index contributed by atoms with van der Waals surface area (Å²) in [6.07, 6.45) is 0.522. The van der Waals surface area contributed by atoms with Gasteiger partial charge in [-0.25, -0.2) is 26.7 Å². The van der Waals surface area contributed by atoms with Gasteiger partial charge >= 0.3 is 0 Å². The lowest BCUT2D eigenvalue weighted by Gasteiger charge is -2.18. The van der Waals surface area contributed by atoms with Gasteiger partial charge in [-0.05, 0) is 47.5 Å². The molecule has 2 heterocycles. The number of tetrazole rings is 1. The topological polar surface area (TPSA) is 219 Å². The summed E-state index contributed by atoms with van der Waals surface area (Å²) in [5.74, 6) is -0.229. The summed E-state index contributed by atoms with van der Waals surface area (Å²) in [6.45, 7) is 4.02. The SMILES string of the molecule is C=NS(=O)(=O)c1ccc(-c2ccc(S(=O)(=O)N[C@@H]3CCNC3)c(S(N)(=O)=O)c2-c2nn[nH]n2)cc1. The van der Waals surface area contributed by atoms with Crippen LogP contribution >= 0.6 is 0 Å². The summed E-state index contributed by atoms with van der Waals surface area (Å²) in [5.41, 5.74) is 0.285. The van der Waals surface area contributed by atoms with Crippen LogP contribution in [0, 0.1) is 0 Å². The average molecular weight is 541 g/mol. The van der Waals surface area contributed by atoms with Crippen LogP contribution in [0.4, 0.5) is 0 Å². The first-order chi connectivity index (χ1) is 16.4.